The second-order valence-electron chi connectivity index (χ2n) is 6.47. The van der Waals surface area contributed by atoms with Gasteiger partial charge in [-0.15, -0.1) is 0 Å². The molecule has 0 bridgehead atoms. The molecule has 2 atom stereocenters. The average molecular weight is 290 g/mol. The van der Waals surface area contributed by atoms with E-state index in [0.29, 0.717) is 6.61 Å². The SMILES string of the molecule is CC[C@@H](O)c1ccc(OCC2CCC3(CCCC3)O2)cc1. The maximum Gasteiger partial charge on any atom is 0.119 e. The third kappa shape index (κ3) is 3.41. The smallest absolute Gasteiger partial charge is 0.119 e. The Bertz CT molecular complexity index is 448. The summed E-state index contributed by atoms with van der Waals surface area (Å²) in [6.45, 7) is 2.61. The second kappa shape index (κ2) is 6.37. The number of aliphatic hydroxyl groups is 1. The van der Waals surface area contributed by atoms with E-state index in [1.165, 1.54) is 32.1 Å². The highest BCUT2D eigenvalue weighted by Gasteiger charge is 2.42. The van der Waals surface area contributed by atoms with Gasteiger partial charge in [0.1, 0.15) is 12.4 Å². The van der Waals surface area contributed by atoms with Crippen LogP contribution in [0.5, 0.6) is 5.75 Å². The van der Waals surface area contributed by atoms with Gasteiger partial charge in [0.2, 0.25) is 0 Å². The quantitative estimate of drug-likeness (QED) is 0.890. The van der Waals surface area contributed by atoms with Gasteiger partial charge in [0.15, 0.2) is 0 Å². The number of ether oxygens (including phenoxy) is 2. The van der Waals surface area contributed by atoms with Crippen LogP contribution in [-0.4, -0.2) is 23.4 Å². The van der Waals surface area contributed by atoms with Crippen molar-refractivity contribution in [3.8, 4) is 5.75 Å². The van der Waals surface area contributed by atoms with Crippen molar-refractivity contribution in [3.05, 3.63) is 29.8 Å². The normalized spacial score (nSPS) is 25.3. The molecule has 1 heterocycles. The lowest BCUT2D eigenvalue weighted by molar-refractivity contribution is -0.0508. The third-order valence-electron chi connectivity index (χ3n) is 4.94. The van der Waals surface area contributed by atoms with Gasteiger partial charge >= 0.3 is 0 Å². The molecule has 116 valence electrons. The van der Waals surface area contributed by atoms with Crippen LogP contribution in [-0.2, 0) is 4.74 Å². The van der Waals surface area contributed by atoms with Crippen LogP contribution in [0.25, 0.3) is 0 Å². The molecule has 2 aliphatic rings. The zero-order valence-electron chi connectivity index (χ0n) is 12.9. The summed E-state index contributed by atoms with van der Waals surface area (Å²) in [5.41, 5.74) is 1.13. The first-order chi connectivity index (χ1) is 10.2. The number of rotatable bonds is 5. The van der Waals surface area contributed by atoms with Crippen LogP contribution in [0.15, 0.2) is 24.3 Å². The predicted molar refractivity (Wildman–Crippen MR) is 82.5 cm³/mol. The summed E-state index contributed by atoms with van der Waals surface area (Å²) in [5.74, 6) is 0.859. The van der Waals surface area contributed by atoms with Gasteiger partial charge in [-0.3, -0.25) is 0 Å². The molecule has 1 saturated heterocycles. The summed E-state index contributed by atoms with van der Waals surface area (Å²) in [7, 11) is 0. The van der Waals surface area contributed by atoms with Crippen LogP contribution >= 0.6 is 0 Å². The molecule has 1 spiro atoms. The molecule has 1 aliphatic carbocycles. The fourth-order valence-electron chi connectivity index (χ4n) is 3.61. The van der Waals surface area contributed by atoms with E-state index in [0.717, 1.165) is 24.2 Å². The van der Waals surface area contributed by atoms with Gasteiger partial charge in [-0.1, -0.05) is 31.9 Å². The van der Waals surface area contributed by atoms with Crippen molar-refractivity contribution in [2.75, 3.05) is 6.61 Å². The van der Waals surface area contributed by atoms with Crippen LogP contribution in [0, 0.1) is 0 Å². The Hall–Kier alpha value is -1.06. The molecular weight excluding hydrogens is 264 g/mol. The maximum absolute atomic E-state index is 9.78. The molecule has 1 N–H and O–H groups in total. The van der Waals surface area contributed by atoms with E-state index in [9.17, 15) is 5.11 Å². The van der Waals surface area contributed by atoms with Crippen LogP contribution in [0.2, 0.25) is 0 Å². The van der Waals surface area contributed by atoms with E-state index >= 15 is 0 Å². The molecule has 3 rings (SSSR count). The standard InChI is InChI=1S/C18H26O3/c1-2-17(19)14-5-7-15(8-6-14)20-13-16-9-12-18(21-16)10-3-4-11-18/h5-8,16-17,19H,2-4,9-13H2,1H3/t16?,17-/m1/s1. The summed E-state index contributed by atoms with van der Waals surface area (Å²) < 4.78 is 12.1. The Labute approximate surface area is 127 Å². The van der Waals surface area contributed by atoms with E-state index < -0.39 is 0 Å². The fourth-order valence-corrected chi connectivity index (χ4v) is 3.61. The van der Waals surface area contributed by atoms with Crippen LogP contribution in [0.1, 0.15) is 63.5 Å². The monoisotopic (exact) mass is 290 g/mol. The summed E-state index contributed by atoms with van der Waals surface area (Å²) in [6.07, 6.45) is 8.00. The molecule has 3 heteroatoms. The molecular formula is C18H26O3. The molecule has 1 unspecified atom stereocenters. The topological polar surface area (TPSA) is 38.7 Å². The van der Waals surface area contributed by atoms with Crippen LogP contribution in [0.3, 0.4) is 0 Å². The molecule has 1 saturated carbocycles. The fraction of sp³-hybridized carbons (Fsp3) is 0.667. The van der Waals surface area contributed by atoms with Crippen molar-refractivity contribution in [2.45, 2.75) is 69.7 Å². The largest absolute Gasteiger partial charge is 0.491 e. The summed E-state index contributed by atoms with van der Waals surface area (Å²) in [6, 6.07) is 7.76. The highest BCUT2D eigenvalue weighted by molar-refractivity contribution is 5.28. The highest BCUT2D eigenvalue weighted by Crippen LogP contribution is 2.43. The number of aliphatic hydroxyl groups excluding tert-OH is 1. The Balaban J connectivity index is 1.49. The van der Waals surface area contributed by atoms with E-state index in [4.69, 9.17) is 9.47 Å². The minimum atomic E-state index is -0.376. The number of benzene rings is 1. The first-order valence-corrected chi connectivity index (χ1v) is 8.29. The second-order valence-corrected chi connectivity index (χ2v) is 6.47. The van der Waals surface area contributed by atoms with Crippen molar-refractivity contribution >= 4 is 0 Å². The zero-order chi connectivity index (χ0) is 14.7. The number of hydrogen-bond acceptors (Lipinski definition) is 3. The zero-order valence-corrected chi connectivity index (χ0v) is 12.9. The van der Waals surface area contributed by atoms with Crippen molar-refractivity contribution in [1.82, 2.24) is 0 Å². The summed E-state index contributed by atoms with van der Waals surface area (Å²) in [5, 5.41) is 9.78. The van der Waals surface area contributed by atoms with Gasteiger partial charge in [0.05, 0.1) is 17.8 Å². The molecule has 0 amide bonds. The van der Waals surface area contributed by atoms with E-state index in [-0.39, 0.29) is 17.8 Å². The molecule has 0 aromatic heterocycles. The maximum atomic E-state index is 9.78. The first-order valence-electron chi connectivity index (χ1n) is 8.29. The number of hydrogen-bond donors (Lipinski definition) is 1. The van der Waals surface area contributed by atoms with Crippen molar-refractivity contribution in [3.63, 3.8) is 0 Å². The minimum Gasteiger partial charge on any atom is -0.491 e. The third-order valence-corrected chi connectivity index (χ3v) is 4.94. The predicted octanol–water partition coefficient (Wildman–Crippen LogP) is 4.00. The Kier molecular flexibility index (Phi) is 4.51. The average Bonchev–Trinajstić information content (AvgIpc) is 3.15. The van der Waals surface area contributed by atoms with Gasteiger partial charge in [-0.05, 0) is 49.8 Å². The van der Waals surface area contributed by atoms with Gasteiger partial charge in [-0.2, -0.15) is 0 Å². The van der Waals surface area contributed by atoms with Gasteiger partial charge in [-0.25, -0.2) is 0 Å². The van der Waals surface area contributed by atoms with E-state index in [1.54, 1.807) is 0 Å². The molecule has 2 fully saturated rings. The molecule has 1 aromatic carbocycles. The van der Waals surface area contributed by atoms with Gasteiger partial charge in [0.25, 0.3) is 0 Å². The van der Waals surface area contributed by atoms with E-state index in [1.807, 2.05) is 31.2 Å². The van der Waals surface area contributed by atoms with Gasteiger partial charge < -0.3 is 14.6 Å². The lowest BCUT2D eigenvalue weighted by atomic mass is 9.98. The van der Waals surface area contributed by atoms with Crippen molar-refractivity contribution in [1.29, 1.82) is 0 Å². The van der Waals surface area contributed by atoms with E-state index in [2.05, 4.69) is 0 Å². The molecule has 0 radical (unpaired) electrons. The molecule has 1 aromatic rings. The highest BCUT2D eigenvalue weighted by atomic mass is 16.6. The Morgan fingerprint density at radius 2 is 1.95 bits per heavy atom. The first kappa shape index (κ1) is 14.9. The Morgan fingerprint density at radius 1 is 1.24 bits per heavy atom. The molecule has 1 aliphatic heterocycles. The van der Waals surface area contributed by atoms with Gasteiger partial charge in [0, 0.05) is 0 Å². The van der Waals surface area contributed by atoms with Crippen LogP contribution < -0.4 is 4.74 Å². The molecule has 3 nitrogen and oxygen atoms in total. The lowest BCUT2D eigenvalue weighted by Gasteiger charge is -2.23. The lowest BCUT2D eigenvalue weighted by Crippen LogP contribution is -2.27. The molecule has 21 heavy (non-hydrogen) atoms. The minimum absolute atomic E-state index is 0.184. The Morgan fingerprint density at radius 3 is 2.62 bits per heavy atom. The van der Waals surface area contributed by atoms with Crippen molar-refractivity contribution in [2.24, 2.45) is 0 Å². The summed E-state index contributed by atoms with van der Waals surface area (Å²) in [4.78, 5) is 0. The van der Waals surface area contributed by atoms with Crippen LogP contribution in [0.4, 0.5) is 0 Å². The van der Waals surface area contributed by atoms with Crippen molar-refractivity contribution < 1.29 is 14.6 Å². The summed E-state index contributed by atoms with van der Waals surface area (Å²) >= 11 is 0.